The number of hydrogen-bond donors (Lipinski definition) is 0. The first kappa shape index (κ1) is 15.3. The fourth-order valence-corrected chi connectivity index (χ4v) is 4.35. The van der Waals surface area contributed by atoms with E-state index in [-0.39, 0.29) is 18.0 Å². The van der Waals surface area contributed by atoms with E-state index in [1.54, 1.807) is 0 Å². The van der Waals surface area contributed by atoms with Crippen LogP contribution in [-0.2, 0) is 4.74 Å². The van der Waals surface area contributed by atoms with Crippen LogP contribution in [0, 0.1) is 11.7 Å². The molecule has 1 aromatic heterocycles. The van der Waals surface area contributed by atoms with Crippen LogP contribution >= 0.6 is 0 Å². The van der Waals surface area contributed by atoms with E-state index in [2.05, 4.69) is 19.8 Å². The Labute approximate surface area is 136 Å². The molecule has 0 radical (unpaired) electrons. The molecule has 3 aliphatic rings. The molecule has 0 bridgehead atoms. The van der Waals surface area contributed by atoms with Gasteiger partial charge in [0.15, 0.2) is 5.82 Å². The maximum atomic E-state index is 13.1. The van der Waals surface area contributed by atoms with E-state index < -0.39 is 0 Å². The molecule has 0 spiro atoms. The predicted octanol–water partition coefficient (Wildman–Crippen LogP) is 2.09. The number of fused-ring (bicyclic) bond motifs is 1. The highest BCUT2D eigenvalue weighted by atomic mass is 19.1. The first-order valence-corrected chi connectivity index (χ1v) is 8.88. The Morgan fingerprint density at radius 3 is 2.70 bits per heavy atom. The van der Waals surface area contributed by atoms with Crippen LogP contribution in [0.2, 0.25) is 0 Å². The molecule has 6 heteroatoms. The molecule has 1 aromatic rings. The number of aromatic nitrogens is 2. The van der Waals surface area contributed by atoms with Gasteiger partial charge < -0.3 is 9.64 Å². The van der Waals surface area contributed by atoms with Crippen molar-refractivity contribution >= 4 is 5.95 Å². The quantitative estimate of drug-likeness (QED) is 0.853. The molecule has 126 valence electrons. The minimum Gasteiger partial charge on any atom is -0.373 e. The van der Waals surface area contributed by atoms with Crippen LogP contribution in [0.25, 0.3) is 0 Å². The van der Waals surface area contributed by atoms with E-state index in [0.717, 1.165) is 25.6 Å². The lowest BCUT2D eigenvalue weighted by Gasteiger charge is -2.36. The molecule has 1 aliphatic carbocycles. The third kappa shape index (κ3) is 3.33. The van der Waals surface area contributed by atoms with Gasteiger partial charge in [-0.1, -0.05) is 19.3 Å². The number of nitrogens with zero attached hydrogens (tertiary/aromatic N) is 4. The van der Waals surface area contributed by atoms with Crippen LogP contribution < -0.4 is 4.90 Å². The number of halogens is 1. The van der Waals surface area contributed by atoms with E-state index in [1.807, 2.05) is 0 Å². The van der Waals surface area contributed by atoms with Crippen molar-refractivity contribution in [1.29, 1.82) is 0 Å². The van der Waals surface area contributed by atoms with Crippen LogP contribution in [-0.4, -0.2) is 59.8 Å². The van der Waals surface area contributed by atoms with Gasteiger partial charge in [-0.25, -0.2) is 14.4 Å². The summed E-state index contributed by atoms with van der Waals surface area (Å²) in [6.45, 7) is 4.67. The summed E-state index contributed by atoms with van der Waals surface area (Å²) in [5.41, 5.74) is 0. The molecule has 0 unspecified atom stereocenters. The molecule has 4 rings (SSSR count). The van der Waals surface area contributed by atoms with Gasteiger partial charge >= 0.3 is 0 Å². The van der Waals surface area contributed by atoms with Gasteiger partial charge in [-0.3, -0.25) is 4.90 Å². The second-order valence-electron chi connectivity index (χ2n) is 7.09. The monoisotopic (exact) mass is 320 g/mol. The highest BCUT2D eigenvalue weighted by Gasteiger charge is 2.41. The first-order valence-electron chi connectivity index (χ1n) is 8.88. The number of hydrogen-bond acceptors (Lipinski definition) is 5. The second-order valence-corrected chi connectivity index (χ2v) is 7.09. The van der Waals surface area contributed by atoms with Crippen molar-refractivity contribution in [2.75, 3.05) is 37.7 Å². The minimum absolute atomic E-state index is 0.223. The standard InChI is InChI=1S/C17H25FN4O/c18-14-8-19-17(20-9-14)22-6-7-23-16-12-21(11-15(16)22)10-13-4-2-1-3-5-13/h8-9,13,15-16H,1-7,10-12H2/t15-,16+/m0/s1. The number of morpholine rings is 1. The van der Waals surface area contributed by atoms with E-state index >= 15 is 0 Å². The van der Waals surface area contributed by atoms with E-state index in [0.29, 0.717) is 12.6 Å². The number of anilines is 1. The summed E-state index contributed by atoms with van der Waals surface area (Å²) in [7, 11) is 0. The zero-order valence-electron chi connectivity index (χ0n) is 13.5. The molecular formula is C17H25FN4O. The van der Waals surface area contributed by atoms with Gasteiger partial charge in [0, 0.05) is 26.2 Å². The van der Waals surface area contributed by atoms with Crippen molar-refractivity contribution in [2.45, 2.75) is 44.2 Å². The molecule has 2 atom stereocenters. The summed E-state index contributed by atoms with van der Waals surface area (Å²) in [6, 6.07) is 0.290. The molecule has 0 N–H and O–H groups in total. The Hall–Kier alpha value is -1.27. The molecule has 0 amide bonds. The van der Waals surface area contributed by atoms with E-state index in [1.165, 1.54) is 51.0 Å². The summed E-state index contributed by atoms with van der Waals surface area (Å²) in [6.07, 6.45) is 9.65. The van der Waals surface area contributed by atoms with Crippen molar-refractivity contribution in [3.63, 3.8) is 0 Å². The van der Waals surface area contributed by atoms with Crippen LogP contribution in [0.5, 0.6) is 0 Å². The smallest absolute Gasteiger partial charge is 0.225 e. The zero-order chi connectivity index (χ0) is 15.6. The SMILES string of the molecule is Fc1cnc(N2CCO[C@@H]3CN(CC4CCCCC4)C[C@@H]32)nc1. The van der Waals surface area contributed by atoms with Gasteiger partial charge in [0.05, 0.1) is 31.1 Å². The molecule has 23 heavy (non-hydrogen) atoms. The zero-order valence-corrected chi connectivity index (χ0v) is 13.5. The van der Waals surface area contributed by atoms with Gasteiger partial charge in [0.25, 0.3) is 0 Å². The number of ether oxygens (including phenoxy) is 1. The molecule has 2 aliphatic heterocycles. The summed E-state index contributed by atoms with van der Waals surface area (Å²) in [4.78, 5) is 13.1. The average Bonchev–Trinajstić information content (AvgIpc) is 2.99. The lowest BCUT2D eigenvalue weighted by atomic mass is 9.89. The van der Waals surface area contributed by atoms with Gasteiger partial charge in [0.2, 0.25) is 5.95 Å². The van der Waals surface area contributed by atoms with Crippen molar-refractivity contribution in [3.8, 4) is 0 Å². The van der Waals surface area contributed by atoms with Crippen LogP contribution in [0.4, 0.5) is 10.3 Å². The van der Waals surface area contributed by atoms with E-state index in [9.17, 15) is 4.39 Å². The predicted molar refractivity (Wildman–Crippen MR) is 85.9 cm³/mol. The summed E-state index contributed by atoms with van der Waals surface area (Å²) in [5.74, 6) is 1.09. The average molecular weight is 320 g/mol. The maximum absolute atomic E-state index is 13.1. The largest absolute Gasteiger partial charge is 0.373 e. The molecule has 1 saturated carbocycles. The van der Waals surface area contributed by atoms with Gasteiger partial charge in [-0.05, 0) is 18.8 Å². The minimum atomic E-state index is -0.385. The fourth-order valence-electron chi connectivity index (χ4n) is 4.35. The molecule has 5 nitrogen and oxygen atoms in total. The summed E-state index contributed by atoms with van der Waals surface area (Å²) < 4.78 is 19.1. The number of likely N-dealkylation sites (tertiary alicyclic amines) is 1. The topological polar surface area (TPSA) is 41.5 Å². The summed E-state index contributed by atoms with van der Waals surface area (Å²) in [5, 5.41) is 0. The Balaban J connectivity index is 1.42. The Kier molecular flexibility index (Phi) is 4.44. The Morgan fingerprint density at radius 1 is 1.13 bits per heavy atom. The lowest BCUT2D eigenvalue weighted by molar-refractivity contribution is 0.0295. The van der Waals surface area contributed by atoms with Crippen LogP contribution in [0.1, 0.15) is 32.1 Å². The molecule has 3 heterocycles. The molecule has 0 aromatic carbocycles. The normalized spacial score (nSPS) is 29.7. The van der Waals surface area contributed by atoms with E-state index in [4.69, 9.17) is 4.74 Å². The third-order valence-corrected chi connectivity index (χ3v) is 5.48. The van der Waals surface area contributed by atoms with Crippen molar-refractivity contribution in [1.82, 2.24) is 14.9 Å². The molecular weight excluding hydrogens is 295 g/mol. The first-order chi connectivity index (χ1) is 11.3. The van der Waals surface area contributed by atoms with Crippen LogP contribution in [0.15, 0.2) is 12.4 Å². The Morgan fingerprint density at radius 2 is 1.91 bits per heavy atom. The molecule has 2 saturated heterocycles. The highest BCUT2D eigenvalue weighted by Crippen LogP contribution is 2.29. The summed E-state index contributed by atoms with van der Waals surface area (Å²) >= 11 is 0. The maximum Gasteiger partial charge on any atom is 0.225 e. The fraction of sp³-hybridized carbons (Fsp3) is 0.765. The van der Waals surface area contributed by atoms with Crippen molar-refractivity contribution < 1.29 is 9.13 Å². The van der Waals surface area contributed by atoms with Gasteiger partial charge in [-0.15, -0.1) is 0 Å². The highest BCUT2D eigenvalue weighted by molar-refractivity contribution is 5.33. The van der Waals surface area contributed by atoms with Gasteiger partial charge in [0.1, 0.15) is 0 Å². The lowest BCUT2D eigenvalue weighted by Crippen LogP contribution is -2.51. The second kappa shape index (κ2) is 6.69. The number of rotatable bonds is 3. The third-order valence-electron chi connectivity index (χ3n) is 5.48. The van der Waals surface area contributed by atoms with Crippen molar-refractivity contribution in [2.24, 2.45) is 5.92 Å². The van der Waals surface area contributed by atoms with Gasteiger partial charge in [-0.2, -0.15) is 0 Å². The van der Waals surface area contributed by atoms with Crippen molar-refractivity contribution in [3.05, 3.63) is 18.2 Å². The Bertz CT molecular complexity index is 520. The molecule has 3 fully saturated rings. The van der Waals surface area contributed by atoms with Crippen LogP contribution in [0.3, 0.4) is 0 Å².